The van der Waals surface area contributed by atoms with E-state index in [2.05, 4.69) is 10.6 Å². The first-order valence-corrected chi connectivity index (χ1v) is 12.0. The van der Waals surface area contributed by atoms with E-state index in [1.165, 1.54) is 42.5 Å². The van der Waals surface area contributed by atoms with Crippen LogP contribution in [-0.2, 0) is 26.0 Å². The zero-order chi connectivity index (χ0) is 24.0. The van der Waals surface area contributed by atoms with Crippen LogP contribution in [0.3, 0.4) is 0 Å². The zero-order valence-electron chi connectivity index (χ0n) is 17.9. The van der Waals surface area contributed by atoms with Gasteiger partial charge in [0.15, 0.2) is 0 Å². The molecule has 1 saturated heterocycles. The molecule has 0 atom stereocenters. The van der Waals surface area contributed by atoms with Gasteiger partial charge in [0.1, 0.15) is 11.6 Å². The first-order chi connectivity index (χ1) is 15.6. The van der Waals surface area contributed by atoms with Crippen LogP contribution in [0.4, 0.5) is 14.5 Å². The smallest absolute Gasteiger partial charge is 0.238 e. The lowest BCUT2D eigenvalue weighted by Crippen LogP contribution is -2.43. The van der Waals surface area contributed by atoms with E-state index in [1.807, 2.05) is 4.90 Å². The summed E-state index contributed by atoms with van der Waals surface area (Å²) in [5, 5.41) is 10.5. The Morgan fingerprint density at radius 1 is 1.03 bits per heavy atom. The van der Waals surface area contributed by atoms with Gasteiger partial charge in [-0.2, -0.15) is 0 Å². The Kier molecular flexibility index (Phi) is 8.11. The number of nitrogens with zero attached hydrogens (tertiary/aromatic N) is 1. The summed E-state index contributed by atoms with van der Waals surface area (Å²) in [6.45, 7) is 1.37. The highest BCUT2D eigenvalue weighted by molar-refractivity contribution is 7.89. The number of nitrogens with two attached hydrogens (primary N) is 1. The maximum absolute atomic E-state index is 13.6. The molecule has 0 spiro atoms. The van der Waals surface area contributed by atoms with E-state index in [0.717, 1.165) is 0 Å². The van der Waals surface area contributed by atoms with Gasteiger partial charge in [-0.05, 0) is 68.8 Å². The molecule has 11 heteroatoms. The fourth-order valence-electron chi connectivity index (χ4n) is 3.68. The third-order valence-corrected chi connectivity index (χ3v) is 6.46. The Bertz CT molecular complexity index is 1080. The molecule has 0 aliphatic carbocycles. The molecule has 4 N–H and O–H groups in total. The van der Waals surface area contributed by atoms with Crippen LogP contribution >= 0.6 is 0 Å². The van der Waals surface area contributed by atoms with E-state index in [0.29, 0.717) is 31.6 Å². The number of sulfonamides is 1. The van der Waals surface area contributed by atoms with Gasteiger partial charge in [-0.15, -0.1) is 0 Å². The number of rotatable bonds is 8. The largest absolute Gasteiger partial charge is 0.355 e. The minimum absolute atomic E-state index is 0.0360. The Morgan fingerprint density at radius 2 is 1.64 bits per heavy atom. The number of carbonyl (C=O) groups is 2. The van der Waals surface area contributed by atoms with Gasteiger partial charge in [-0.25, -0.2) is 22.3 Å². The van der Waals surface area contributed by atoms with Gasteiger partial charge in [0.25, 0.3) is 0 Å². The average Bonchev–Trinajstić information content (AvgIpc) is 2.76. The molecule has 8 nitrogen and oxygen atoms in total. The molecule has 33 heavy (non-hydrogen) atoms. The summed E-state index contributed by atoms with van der Waals surface area (Å²) in [6.07, 6.45) is 1.19. The summed E-state index contributed by atoms with van der Waals surface area (Å²) in [6, 6.07) is 9.26. The predicted octanol–water partition coefficient (Wildman–Crippen LogP) is 1.62. The summed E-state index contributed by atoms with van der Waals surface area (Å²) < 4.78 is 49.9. The van der Waals surface area contributed by atoms with Crippen molar-refractivity contribution in [1.29, 1.82) is 0 Å². The number of piperidine rings is 1. The van der Waals surface area contributed by atoms with Crippen LogP contribution in [0.2, 0.25) is 0 Å². The monoisotopic (exact) mass is 480 g/mol. The molecular weight excluding hydrogens is 454 g/mol. The van der Waals surface area contributed by atoms with E-state index in [-0.39, 0.29) is 47.7 Å². The molecule has 2 aromatic rings. The summed E-state index contributed by atoms with van der Waals surface area (Å²) in [5.74, 6) is -1.92. The first-order valence-electron chi connectivity index (χ1n) is 10.5. The van der Waals surface area contributed by atoms with Crippen molar-refractivity contribution in [3.05, 3.63) is 59.7 Å². The summed E-state index contributed by atoms with van der Waals surface area (Å²) in [5.41, 5.74) is 0.421. The highest BCUT2D eigenvalue weighted by atomic mass is 32.2. The van der Waals surface area contributed by atoms with E-state index >= 15 is 0 Å². The molecule has 1 aliphatic rings. The molecule has 0 unspecified atom stereocenters. The molecular formula is C22H26F2N4O4S. The number of hydrogen-bond acceptors (Lipinski definition) is 5. The fraction of sp³-hybridized carbons (Fsp3) is 0.364. The van der Waals surface area contributed by atoms with E-state index in [4.69, 9.17) is 5.14 Å². The topological polar surface area (TPSA) is 122 Å². The van der Waals surface area contributed by atoms with Crippen LogP contribution < -0.4 is 15.8 Å². The Morgan fingerprint density at radius 3 is 2.21 bits per heavy atom. The standard InChI is InChI=1S/C22H26F2N4O4S/c23-19-2-1-3-20(24)18(19)8-11-26-21(29)14-28-12-9-15(10-13-28)22(30)27-16-4-6-17(7-5-16)33(25,31)32/h1-7,15H,8-14H2,(H,26,29)(H,27,30)(H2,25,31,32). The molecule has 178 valence electrons. The number of carbonyl (C=O) groups excluding carboxylic acids is 2. The van der Waals surface area contributed by atoms with Crippen molar-refractivity contribution in [2.45, 2.75) is 24.2 Å². The second-order valence-electron chi connectivity index (χ2n) is 7.91. The number of hydrogen-bond donors (Lipinski definition) is 3. The lowest BCUT2D eigenvalue weighted by atomic mass is 9.96. The predicted molar refractivity (Wildman–Crippen MR) is 119 cm³/mol. The second kappa shape index (κ2) is 10.8. The van der Waals surface area contributed by atoms with Crippen molar-refractivity contribution in [2.24, 2.45) is 11.1 Å². The minimum Gasteiger partial charge on any atom is -0.355 e. The summed E-state index contributed by atoms with van der Waals surface area (Å²) in [7, 11) is -3.79. The number of anilines is 1. The summed E-state index contributed by atoms with van der Waals surface area (Å²) >= 11 is 0. The summed E-state index contributed by atoms with van der Waals surface area (Å²) in [4.78, 5) is 26.5. The molecule has 0 radical (unpaired) electrons. The van der Waals surface area contributed by atoms with Gasteiger partial charge >= 0.3 is 0 Å². The van der Waals surface area contributed by atoms with Crippen LogP contribution in [0, 0.1) is 17.6 Å². The van der Waals surface area contributed by atoms with Crippen LogP contribution in [-0.4, -0.2) is 51.3 Å². The van der Waals surface area contributed by atoms with Gasteiger partial charge in [0, 0.05) is 23.7 Å². The fourth-order valence-corrected chi connectivity index (χ4v) is 4.20. The lowest BCUT2D eigenvalue weighted by molar-refractivity contribution is -0.123. The van der Waals surface area contributed by atoms with Gasteiger partial charge < -0.3 is 10.6 Å². The molecule has 1 fully saturated rings. The molecule has 0 saturated carbocycles. The Labute approximate surface area is 191 Å². The quantitative estimate of drug-likeness (QED) is 0.530. The Balaban J connectivity index is 1.39. The van der Waals surface area contributed by atoms with Gasteiger partial charge in [0.05, 0.1) is 11.4 Å². The molecule has 0 bridgehead atoms. The Hall–Kier alpha value is -2.89. The molecule has 2 aromatic carbocycles. The molecule has 1 heterocycles. The molecule has 2 amide bonds. The van der Waals surface area contributed by atoms with Crippen LogP contribution in [0.5, 0.6) is 0 Å². The maximum Gasteiger partial charge on any atom is 0.238 e. The zero-order valence-corrected chi connectivity index (χ0v) is 18.7. The highest BCUT2D eigenvalue weighted by Crippen LogP contribution is 2.20. The third-order valence-electron chi connectivity index (χ3n) is 5.53. The van der Waals surface area contributed by atoms with Crippen molar-refractivity contribution >= 4 is 27.5 Å². The second-order valence-corrected chi connectivity index (χ2v) is 9.47. The molecule has 3 rings (SSSR count). The van der Waals surface area contributed by atoms with Crippen molar-refractivity contribution in [2.75, 3.05) is 31.5 Å². The third kappa shape index (κ3) is 7.04. The minimum atomic E-state index is -3.79. The van der Waals surface area contributed by atoms with Crippen LogP contribution in [0.15, 0.2) is 47.4 Å². The van der Waals surface area contributed by atoms with Gasteiger partial charge in [-0.1, -0.05) is 6.07 Å². The van der Waals surface area contributed by atoms with Crippen molar-refractivity contribution in [3.63, 3.8) is 0 Å². The van der Waals surface area contributed by atoms with E-state index < -0.39 is 21.7 Å². The van der Waals surface area contributed by atoms with Crippen molar-refractivity contribution < 1.29 is 26.8 Å². The maximum atomic E-state index is 13.6. The first kappa shape index (κ1) is 24.7. The SMILES string of the molecule is NS(=O)(=O)c1ccc(NC(=O)C2CCN(CC(=O)NCCc3c(F)cccc3F)CC2)cc1. The normalized spacial score (nSPS) is 15.2. The van der Waals surface area contributed by atoms with Crippen molar-refractivity contribution in [1.82, 2.24) is 10.2 Å². The van der Waals surface area contributed by atoms with Crippen LogP contribution in [0.25, 0.3) is 0 Å². The number of amides is 2. The number of halogens is 2. The number of likely N-dealkylation sites (tertiary alicyclic amines) is 1. The van der Waals surface area contributed by atoms with E-state index in [9.17, 15) is 26.8 Å². The van der Waals surface area contributed by atoms with Gasteiger partial charge in [-0.3, -0.25) is 14.5 Å². The highest BCUT2D eigenvalue weighted by Gasteiger charge is 2.26. The van der Waals surface area contributed by atoms with E-state index in [1.54, 1.807) is 0 Å². The molecule has 1 aliphatic heterocycles. The number of primary sulfonamides is 1. The van der Waals surface area contributed by atoms with Crippen LogP contribution in [0.1, 0.15) is 18.4 Å². The van der Waals surface area contributed by atoms with Gasteiger partial charge in [0.2, 0.25) is 21.8 Å². The lowest BCUT2D eigenvalue weighted by Gasteiger charge is -2.30. The van der Waals surface area contributed by atoms with Crippen molar-refractivity contribution in [3.8, 4) is 0 Å². The average molecular weight is 481 g/mol. The molecule has 0 aromatic heterocycles. The number of nitrogens with one attached hydrogen (secondary N) is 2. The number of benzene rings is 2.